The summed E-state index contributed by atoms with van der Waals surface area (Å²) in [6.07, 6.45) is 7.20. The Kier molecular flexibility index (Phi) is 3.12. The maximum absolute atomic E-state index is 13.9. The van der Waals surface area contributed by atoms with Crippen LogP contribution < -0.4 is 0 Å². The number of ketones is 2. The van der Waals surface area contributed by atoms with Crippen molar-refractivity contribution in [3.8, 4) is 0 Å². The SMILES string of the molecule is C[C@@]12CCC[C@H]1[C@@H]1CCC3C(=O)C(F)=C(O)C(=O)[C@]3(C)[C@H]1CC2. The number of rotatable bonds is 0. The average molecular weight is 320 g/mol. The molecule has 4 heteroatoms. The van der Waals surface area contributed by atoms with Crippen LogP contribution >= 0.6 is 0 Å². The van der Waals surface area contributed by atoms with Gasteiger partial charge in [0.2, 0.25) is 11.6 Å². The summed E-state index contributed by atoms with van der Waals surface area (Å²) in [5.41, 5.74) is -0.543. The molecule has 126 valence electrons. The van der Waals surface area contributed by atoms with Crippen LogP contribution in [-0.4, -0.2) is 16.7 Å². The van der Waals surface area contributed by atoms with Crippen LogP contribution in [0, 0.1) is 34.5 Å². The molecular formula is C19H25FO3. The second-order valence-corrected chi connectivity index (χ2v) is 8.73. The lowest BCUT2D eigenvalue weighted by Crippen LogP contribution is -2.58. The fraction of sp³-hybridized carbons (Fsp3) is 0.789. The molecule has 0 aliphatic heterocycles. The van der Waals surface area contributed by atoms with Crippen LogP contribution in [0.5, 0.6) is 0 Å². The van der Waals surface area contributed by atoms with Gasteiger partial charge < -0.3 is 5.11 Å². The van der Waals surface area contributed by atoms with Gasteiger partial charge >= 0.3 is 0 Å². The molecule has 3 fully saturated rings. The number of fused-ring (bicyclic) bond motifs is 5. The Morgan fingerprint density at radius 1 is 1.04 bits per heavy atom. The smallest absolute Gasteiger partial charge is 0.211 e. The Morgan fingerprint density at radius 2 is 1.78 bits per heavy atom. The van der Waals surface area contributed by atoms with Crippen molar-refractivity contribution in [1.82, 2.24) is 0 Å². The van der Waals surface area contributed by atoms with Gasteiger partial charge in [-0.2, -0.15) is 4.39 Å². The number of hydrogen-bond donors (Lipinski definition) is 1. The number of aliphatic hydroxyl groups excluding tert-OH is 1. The number of carbonyl (C=O) groups is 2. The molecule has 6 atom stereocenters. The van der Waals surface area contributed by atoms with Crippen molar-refractivity contribution < 1.29 is 19.1 Å². The van der Waals surface area contributed by atoms with E-state index in [2.05, 4.69) is 6.92 Å². The maximum atomic E-state index is 13.9. The van der Waals surface area contributed by atoms with Crippen molar-refractivity contribution in [3.05, 3.63) is 11.6 Å². The number of halogens is 1. The average Bonchev–Trinajstić information content (AvgIpc) is 2.93. The van der Waals surface area contributed by atoms with Crippen LogP contribution in [0.15, 0.2) is 11.6 Å². The molecule has 0 aromatic carbocycles. The zero-order valence-electron chi connectivity index (χ0n) is 13.9. The van der Waals surface area contributed by atoms with Gasteiger partial charge in [-0.25, -0.2) is 0 Å². The van der Waals surface area contributed by atoms with Gasteiger partial charge in [-0.3, -0.25) is 9.59 Å². The van der Waals surface area contributed by atoms with Crippen LogP contribution in [0.3, 0.4) is 0 Å². The van der Waals surface area contributed by atoms with Gasteiger partial charge in [0.05, 0.1) is 0 Å². The second kappa shape index (κ2) is 4.67. The molecule has 0 aromatic heterocycles. The van der Waals surface area contributed by atoms with Gasteiger partial charge in [0.1, 0.15) is 0 Å². The van der Waals surface area contributed by atoms with Crippen molar-refractivity contribution in [2.75, 3.05) is 0 Å². The Balaban J connectivity index is 1.77. The minimum Gasteiger partial charge on any atom is -0.502 e. The van der Waals surface area contributed by atoms with Crippen molar-refractivity contribution in [3.63, 3.8) is 0 Å². The van der Waals surface area contributed by atoms with Crippen LogP contribution in [0.25, 0.3) is 0 Å². The van der Waals surface area contributed by atoms with Gasteiger partial charge in [0.15, 0.2) is 11.5 Å². The molecule has 4 aliphatic rings. The van der Waals surface area contributed by atoms with Crippen LogP contribution in [0.1, 0.15) is 58.8 Å². The quantitative estimate of drug-likeness (QED) is 0.730. The molecule has 1 N–H and O–H groups in total. The van der Waals surface area contributed by atoms with Crippen molar-refractivity contribution >= 4 is 11.6 Å². The van der Waals surface area contributed by atoms with E-state index in [4.69, 9.17) is 0 Å². The fourth-order valence-electron chi connectivity index (χ4n) is 6.70. The van der Waals surface area contributed by atoms with E-state index >= 15 is 0 Å². The topological polar surface area (TPSA) is 54.4 Å². The number of hydrogen-bond acceptors (Lipinski definition) is 3. The predicted molar refractivity (Wildman–Crippen MR) is 83.3 cm³/mol. The largest absolute Gasteiger partial charge is 0.502 e. The first-order valence-electron chi connectivity index (χ1n) is 8.98. The lowest BCUT2D eigenvalue weighted by Gasteiger charge is -2.57. The molecule has 0 saturated heterocycles. The highest BCUT2D eigenvalue weighted by Gasteiger charge is 2.63. The third-order valence-electron chi connectivity index (χ3n) is 7.95. The molecular weight excluding hydrogens is 295 g/mol. The highest BCUT2D eigenvalue weighted by Crippen LogP contribution is 2.65. The predicted octanol–water partition coefficient (Wildman–Crippen LogP) is 4.13. The fourth-order valence-corrected chi connectivity index (χ4v) is 6.70. The molecule has 3 nitrogen and oxygen atoms in total. The molecule has 0 amide bonds. The van der Waals surface area contributed by atoms with Crippen LogP contribution in [-0.2, 0) is 9.59 Å². The molecule has 3 saturated carbocycles. The summed E-state index contributed by atoms with van der Waals surface area (Å²) in [7, 11) is 0. The Morgan fingerprint density at radius 3 is 2.52 bits per heavy atom. The molecule has 4 aliphatic carbocycles. The molecule has 4 rings (SSSR count). The van der Waals surface area contributed by atoms with E-state index in [9.17, 15) is 19.1 Å². The third-order valence-corrected chi connectivity index (χ3v) is 7.95. The zero-order valence-corrected chi connectivity index (χ0v) is 13.9. The van der Waals surface area contributed by atoms with Crippen LogP contribution in [0.2, 0.25) is 0 Å². The lowest BCUT2D eigenvalue weighted by molar-refractivity contribution is -0.158. The van der Waals surface area contributed by atoms with Gasteiger partial charge in [-0.15, -0.1) is 0 Å². The zero-order chi connectivity index (χ0) is 16.6. The first kappa shape index (κ1) is 15.3. The Bertz CT molecular complexity index is 624. The summed E-state index contributed by atoms with van der Waals surface area (Å²) in [4.78, 5) is 25.1. The summed E-state index contributed by atoms with van der Waals surface area (Å²) < 4.78 is 13.9. The highest BCUT2D eigenvalue weighted by atomic mass is 19.1. The summed E-state index contributed by atoms with van der Waals surface area (Å²) in [5.74, 6) is -2.75. The standard InChI is InChI=1S/C19H25FO3/c1-18-8-3-4-11(18)10-5-6-13-15(21)14(20)16(22)17(23)19(13,2)12(10)7-9-18/h10-13,22H,3-9H2,1-2H3/t10-,11-,12-,13?,18-,19+/m0/s1. The number of carbonyl (C=O) groups excluding carboxylic acids is 2. The molecule has 0 aromatic rings. The van der Waals surface area contributed by atoms with Gasteiger partial charge in [0, 0.05) is 11.3 Å². The van der Waals surface area contributed by atoms with E-state index in [1.165, 1.54) is 19.3 Å². The van der Waals surface area contributed by atoms with Gasteiger partial charge in [0.25, 0.3) is 0 Å². The Labute approximate surface area is 136 Å². The first-order valence-corrected chi connectivity index (χ1v) is 8.98. The molecule has 23 heavy (non-hydrogen) atoms. The van der Waals surface area contributed by atoms with Crippen molar-refractivity contribution in [2.45, 2.75) is 58.8 Å². The minimum atomic E-state index is -1.21. The van der Waals surface area contributed by atoms with E-state index in [1.807, 2.05) is 6.92 Å². The van der Waals surface area contributed by atoms with E-state index in [0.29, 0.717) is 23.7 Å². The molecule has 0 radical (unpaired) electrons. The second-order valence-electron chi connectivity index (χ2n) is 8.73. The number of aliphatic hydroxyl groups is 1. The third kappa shape index (κ3) is 1.75. The highest BCUT2D eigenvalue weighted by molar-refractivity contribution is 6.13. The summed E-state index contributed by atoms with van der Waals surface area (Å²) in [6, 6.07) is 0. The Hall–Kier alpha value is -1.19. The monoisotopic (exact) mass is 320 g/mol. The first-order chi connectivity index (χ1) is 10.8. The van der Waals surface area contributed by atoms with E-state index in [-0.39, 0.29) is 5.92 Å². The lowest BCUT2D eigenvalue weighted by atomic mass is 9.45. The van der Waals surface area contributed by atoms with Crippen molar-refractivity contribution in [2.24, 2.45) is 34.5 Å². The summed E-state index contributed by atoms with van der Waals surface area (Å²) in [6.45, 7) is 4.19. The van der Waals surface area contributed by atoms with E-state index in [1.54, 1.807) is 0 Å². The number of allylic oxidation sites excluding steroid dienone is 2. The summed E-state index contributed by atoms with van der Waals surface area (Å²) >= 11 is 0. The number of Topliss-reactive ketones (excluding diaryl/α,β-unsaturated/α-hetero) is 2. The maximum Gasteiger partial charge on any atom is 0.211 e. The van der Waals surface area contributed by atoms with Gasteiger partial charge in [-0.05, 0) is 61.7 Å². The van der Waals surface area contributed by atoms with Crippen molar-refractivity contribution in [1.29, 1.82) is 0 Å². The minimum absolute atomic E-state index is 0.101. The molecule has 0 spiro atoms. The summed E-state index contributed by atoms with van der Waals surface area (Å²) in [5, 5.41) is 9.88. The van der Waals surface area contributed by atoms with Gasteiger partial charge in [-0.1, -0.05) is 20.3 Å². The van der Waals surface area contributed by atoms with E-state index in [0.717, 1.165) is 19.3 Å². The molecule has 0 bridgehead atoms. The normalized spacial score (nSPS) is 49.7. The molecule has 1 unspecified atom stereocenters. The van der Waals surface area contributed by atoms with Crippen LogP contribution in [0.4, 0.5) is 4.39 Å². The molecule has 0 heterocycles. The van der Waals surface area contributed by atoms with E-state index < -0.39 is 34.5 Å².